The van der Waals surface area contributed by atoms with E-state index in [-0.39, 0.29) is 12.5 Å². The fourth-order valence-electron chi connectivity index (χ4n) is 1.87. The molecule has 6 heteroatoms. The van der Waals surface area contributed by atoms with Gasteiger partial charge in [0, 0.05) is 22.5 Å². The molecule has 116 valence electrons. The standard InChI is InChI=1S/C16H17ClN2O3/c1-21-14-8-7-13(9-15(14)22-2)19-16(20)10-18-12-5-3-11(17)4-6-12/h3-9,18H,10H2,1-2H3,(H,19,20). The minimum absolute atomic E-state index is 0.149. The second-order valence-corrected chi connectivity index (χ2v) is 4.91. The molecule has 0 saturated carbocycles. The van der Waals surface area contributed by atoms with Gasteiger partial charge < -0.3 is 20.1 Å². The second kappa shape index (κ2) is 7.56. The average molecular weight is 321 g/mol. The van der Waals surface area contributed by atoms with Crippen molar-refractivity contribution in [2.24, 2.45) is 0 Å². The van der Waals surface area contributed by atoms with E-state index < -0.39 is 0 Å². The first-order valence-electron chi connectivity index (χ1n) is 6.63. The summed E-state index contributed by atoms with van der Waals surface area (Å²) in [6.07, 6.45) is 0. The lowest BCUT2D eigenvalue weighted by Gasteiger charge is -2.11. The number of nitrogens with one attached hydrogen (secondary N) is 2. The van der Waals surface area contributed by atoms with E-state index in [9.17, 15) is 4.79 Å². The van der Waals surface area contributed by atoms with Crippen molar-refractivity contribution in [3.05, 3.63) is 47.5 Å². The summed E-state index contributed by atoms with van der Waals surface area (Å²) in [7, 11) is 3.11. The summed E-state index contributed by atoms with van der Waals surface area (Å²) in [5.74, 6) is 1.01. The zero-order chi connectivity index (χ0) is 15.9. The topological polar surface area (TPSA) is 59.6 Å². The number of halogens is 1. The van der Waals surface area contributed by atoms with Gasteiger partial charge in [-0.2, -0.15) is 0 Å². The quantitative estimate of drug-likeness (QED) is 0.856. The first-order valence-corrected chi connectivity index (χ1v) is 7.01. The van der Waals surface area contributed by atoms with Crippen LogP contribution in [0.15, 0.2) is 42.5 Å². The van der Waals surface area contributed by atoms with E-state index in [1.54, 1.807) is 44.6 Å². The molecule has 0 heterocycles. The molecule has 0 aliphatic rings. The van der Waals surface area contributed by atoms with Gasteiger partial charge in [0.15, 0.2) is 11.5 Å². The molecular formula is C16H17ClN2O3. The number of methoxy groups -OCH3 is 2. The van der Waals surface area contributed by atoms with Gasteiger partial charge in [0.1, 0.15) is 0 Å². The molecule has 0 unspecified atom stereocenters. The van der Waals surface area contributed by atoms with Crippen molar-refractivity contribution in [2.45, 2.75) is 0 Å². The smallest absolute Gasteiger partial charge is 0.243 e. The van der Waals surface area contributed by atoms with Crippen LogP contribution < -0.4 is 20.1 Å². The Morgan fingerprint density at radius 3 is 2.27 bits per heavy atom. The van der Waals surface area contributed by atoms with Crippen LogP contribution in [0.5, 0.6) is 11.5 Å². The molecule has 2 rings (SSSR count). The van der Waals surface area contributed by atoms with Crippen molar-refractivity contribution in [1.29, 1.82) is 0 Å². The lowest BCUT2D eigenvalue weighted by molar-refractivity contribution is -0.114. The molecule has 0 atom stereocenters. The van der Waals surface area contributed by atoms with E-state index in [0.717, 1.165) is 5.69 Å². The fraction of sp³-hybridized carbons (Fsp3) is 0.188. The van der Waals surface area contributed by atoms with Crippen molar-refractivity contribution in [3.63, 3.8) is 0 Å². The van der Waals surface area contributed by atoms with Gasteiger partial charge in [0.05, 0.1) is 20.8 Å². The molecule has 0 bridgehead atoms. The van der Waals surface area contributed by atoms with E-state index in [0.29, 0.717) is 22.2 Å². The zero-order valence-electron chi connectivity index (χ0n) is 12.4. The van der Waals surface area contributed by atoms with Crippen LogP contribution in [-0.4, -0.2) is 26.7 Å². The summed E-state index contributed by atoms with van der Waals surface area (Å²) in [6, 6.07) is 12.3. The van der Waals surface area contributed by atoms with Crippen molar-refractivity contribution in [2.75, 3.05) is 31.4 Å². The molecule has 0 aromatic heterocycles. The Labute approximate surface area is 134 Å². The van der Waals surface area contributed by atoms with E-state index >= 15 is 0 Å². The highest BCUT2D eigenvalue weighted by molar-refractivity contribution is 6.30. The van der Waals surface area contributed by atoms with E-state index in [2.05, 4.69) is 10.6 Å². The molecule has 2 aromatic rings. The lowest BCUT2D eigenvalue weighted by Crippen LogP contribution is -2.21. The van der Waals surface area contributed by atoms with Gasteiger partial charge in [-0.05, 0) is 36.4 Å². The number of carbonyl (C=O) groups is 1. The molecule has 2 N–H and O–H groups in total. The maximum Gasteiger partial charge on any atom is 0.243 e. The van der Waals surface area contributed by atoms with Crippen molar-refractivity contribution in [1.82, 2.24) is 0 Å². The third kappa shape index (κ3) is 4.30. The molecule has 2 aromatic carbocycles. The zero-order valence-corrected chi connectivity index (χ0v) is 13.1. The van der Waals surface area contributed by atoms with Gasteiger partial charge in [0.2, 0.25) is 5.91 Å². The highest BCUT2D eigenvalue weighted by Gasteiger charge is 2.07. The maximum atomic E-state index is 11.9. The first-order chi connectivity index (χ1) is 10.6. The first kappa shape index (κ1) is 16.0. The minimum Gasteiger partial charge on any atom is -0.493 e. The molecule has 5 nitrogen and oxygen atoms in total. The summed E-state index contributed by atoms with van der Waals surface area (Å²) in [5, 5.41) is 6.46. The highest BCUT2D eigenvalue weighted by atomic mass is 35.5. The normalized spacial score (nSPS) is 9.95. The number of hydrogen-bond acceptors (Lipinski definition) is 4. The molecule has 0 aliphatic heterocycles. The van der Waals surface area contributed by atoms with Gasteiger partial charge in [-0.1, -0.05) is 11.6 Å². The van der Waals surface area contributed by atoms with Crippen LogP contribution in [0.1, 0.15) is 0 Å². The van der Waals surface area contributed by atoms with Gasteiger partial charge >= 0.3 is 0 Å². The monoisotopic (exact) mass is 320 g/mol. The number of anilines is 2. The van der Waals surface area contributed by atoms with Crippen molar-refractivity contribution >= 4 is 28.9 Å². The minimum atomic E-state index is -0.165. The van der Waals surface area contributed by atoms with Crippen LogP contribution >= 0.6 is 11.6 Å². The predicted octanol–water partition coefficient (Wildman–Crippen LogP) is 3.41. The molecule has 1 amide bonds. The molecule has 0 saturated heterocycles. The predicted molar refractivity (Wildman–Crippen MR) is 88.1 cm³/mol. The van der Waals surface area contributed by atoms with Crippen LogP contribution in [0, 0.1) is 0 Å². The van der Waals surface area contributed by atoms with Crippen LogP contribution in [-0.2, 0) is 4.79 Å². The van der Waals surface area contributed by atoms with Crippen LogP contribution in [0.2, 0.25) is 5.02 Å². The summed E-state index contributed by atoms with van der Waals surface area (Å²) >= 11 is 5.81. The van der Waals surface area contributed by atoms with Crippen LogP contribution in [0.25, 0.3) is 0 Å². The second-order valence-electron chi connectivity index (χ2n) is 4.48. The van der Waals surface area contributed by atoms with Crippen molar-refractivity contribution < 1.29 is 14.3 Å². The Hall–Kier alpha value is -2.40. The summed E-state index contributed by atoms with van der Waals surface area (Å²) in [6.45, 7) is 0.149. The third-order valence-electron chi connectivity index (χ3n) is 2.96. The lowest BCUT2D eigenvalue weighted by atomic mass is 10.2. The van der Waals surface area contributed by atoms with E-state index in [1.165, 1.54) is 0 Å². The van der Waals surface area contributed by atoms with Crippen LogP contribution in [0.3, 0.4) is 0 Å². The van der Waals surface area contributed by atoms with Gasteiger partial charge in [-0.3, -0.25) is 4.79 Å². The molecule has 0 spiro atoms. The Morgan fingerprint density at radius 1 is 1.00 bits per heavy atom. The average Bonchev–Trinajstić information content (AvgIpc) is 2.54. The Bertz CT molecular complexity index is 644. The van der Waals surface area contributed by atoms with Gasteiger partial charge in [-0.15, -0.1) is 0 Å². The number of hydrogen-bond donors (Lipinski definition) is 2. The molecule has 0 aliphatic carbocycles. The number of carbonyl (C=O) groups excluding carboxylic acids is 1. The Morgan fingerprint density at radius 2 is 1.64 bits per heavy atom. The fourth-order valence-corrected chi connectivity index (χ4v) is 2.00. The number of rotatable bonds is 6. The van der Waals surface area contributed by atoms with Crippen LogP contribution in [0.4, 0.5) is 11.4 Å². The maximum absolute atomic E-state index is 11.9. The number of ether oxygens (including phenoxy) is 2. The van der Waals surface area contributed by atoms with E-state index in [4.69, 9.17) is 21.1 Å². The largest absolute Gasteiger partial charge is 0.493 e. The summed E-state index contributed by atoms with van der Waals surface area (Å²) < 4.78 is 10.3. The number of amides is 1. The molecular weight excluding hydrogens is 304 g/mol. The summed E-state index contributed by atoms with van der Waals surface area (Å²) in [4.78, 5) is 11.9. The van der Waals surface area contributed by atoms with Crippen molar-refractivity contribution in [3.8, 4) is 11.5 Å². The van der Waals surface area contributed by atoms with Gasteiger partial charge in [0.25, 0.3) is 0 Å². The number of benzene rings is 2. The highest BCUT2D eigenvalue weighted by Crippen LogP contribution is 2.29. The Balaban J connectivity index is 1.93. The molecule has 0 radical (unpaired) electrons. The van der Waals surface area contributed by atoms with E-state index in [1.807, 2.05) is 12.1 Å². The molecule has 0 fully saturated rings. The SMILES string of the molecule is COc1ccc(NC(=O)CNc2ccc(Cl)cc2)cc1OC. The Kier molecular flexibility index (Phi) is 5.49. The summed E-state index contributed by atoms with van der Waals surface area (Å²) in [5.41, 5.74) is 1.47. The van der Waals surface area contributed by atoms with Gasteiger partial charge in [-0.25, -0.2) is 0 Å². The third-order valence-corrected chi connectivity index (χ3v) is 3.22. The molecule has 22 heavy (non-hydrogen) atoms.